The quantitative estimate of drug-likeness (QED) is 0.455. The first-order valence-corrected chi connectivity index (χ1v) is 6.85. The molecule has 0 saturated heterocycles. The zero-order chi connectivity index (χ0) is 16.8. The number of benzene rings is 2. The average molecular weight is 314 g/mol. The van der Waals surface area contributed by atoms with Crippen LogP contribution in [0.4, 0.5) is 11.4 Å². The third kappa shape index (κ3) is 4.13. The molecule has 0 aromatic heterocycles. The maximum Gasteiger partial charge on any atom is 0.283 e. The molecule has 2 rings (SSSR count). The average Bonchev–Trinajstić information content (AvgIpc) is 2.54. The Morgan fingerprint density at radius 2 is 1.70 bits per heavy atom. The van der Waals surface area contributed by atoms with Gasteiger partial charge in [-0.1, -0.05) is 18.2 Å². The standard InChI is InChI=1S/C16H14N2O5/c1-2-23-15-9-4-12(5-10-15)3-6-13-7-8-14(17(19)20)11-16(13)18(21)22/h3-11H,2H2,1H3/b6-3+. The normalized spacial score (nSPS) is 10.7. The molecule has 0 aliphatic carbocycles. The van der Waals surface area contributed by atoms with E-state index in [0.29, 0.717) is 12.2 Å². The largest absolute Gasteiger partial charge is 0.494 e. The van der Waals surface area contributed by atoms with Gasteiger partial charge in [0, 0.05) is 6.07 Å². The van der Waals surface area contributed by atoms with Gasteiger partial charge in [0.1, 0.15) is 5.75 Å². The highest BCUT2D eigenvalue weighted by Gasteiger charge is 2.17. The fraction of sp³-hybridized carbons (Fsp3) is 0.125. The minimum absolute atomic E-state index is 0.300. The van der Waals surface area contributed by atoms with Crippen LogP contribution in [0.15, 0.2) is 42.5 Å². The van der Waals surface area contributed by atoms with Crippen LogP contribution in [0.2, 0.25) is 0 Å². The van der Waals surface area contributed by atoms with Gasteiger partial charge in [-0.3, -0.25) is 20.2 Å². The Labute approximate surface area is 132 Å². The number of nitro groups is 2. The molecule has 0 fully saturated rings. The summed E-state index contributed by atoms with van der Waals surface area (Å²) in [7, 11) is 0. The third-order valence-electron chi connectivity index (χ3n) is 3.07. The van der Waals surface area contributed by atoms with Gasteiger partial charge in [-0.05, 0) is 36.8 Å². The van der Waals surface area contributed by atoms with Crippen LogP contribution in [0.1, 0.15) is 18.1 Å². The molecule has 0 unspecified atom stereocenters. The fourth-order valence-corrected chi connectivity index (χ4v) is 1.97. The van der Waals surface area contributed by atoms with Crippen LogP contribution >= 0.6 is 0 Å². The van der Waals surface area contributed by atoms with Crippen molar-refractivity contribution in [1.82, 2.24) is 0 Å². The van der Waals surface area contributed by atoms with Crippen molar-refractivity contribution in [3.63, 3.8) is 0 Å². The molecular weight excluding hydrogens is 300 g/mol. The van der Waals surface area contributed by atoms with Crippen molar-refractivity contribution in [2.45, 2.75) is 6.92 Å². The summed E-state index contributed by atoms with van der Waals surface area (Å²) >= 11 is 0. The molecule has 0 bridgehead atoms. The summed E-state index contributed by atoms with van der Waals surface area (Å²) in [5.74, 6) is 0.742. The SMILES string of the molecule is CCOc1ccc(/C=C/c2ccc([N+](=O)[O-])cc2[N+](=O)[O-])cc1. The van der Waals surface area contributed by atoms with Crippen LogP contribution in [-0.4, -0.2) is 16.5 Å². The van der Waals surface area contributed by atoms with Crippen LogP contribution < -0.4 is 4.74 Å². The van der Waals surface area contributed by atoms with Gasteiger partial charge in [0.2, 0.25) is 0 Å². The Bertz CT molecular complexity index is 754. The number of nitrogens with zero attached hydrogens (tertiary/aromatic N) is 2. The van der Waals surface area contributed by atoms with Crippen LogP contribution in [0.5, 0.6) is 5.75 Å². The minimum Gasteiger partial charge on any atom is -0.494 e. The van der Waals surface area contributed by atoms with Gasteiger partial charge in [0.25, 0.3) is 11.4 Å². The summed E-state index contributed by atoms with van der Waals surface area (Å²) in [5.41, 5.74) is 0.520. The lowest BCUT2D eigenvalue weighted by Gasteiger charge is -2.02. The van der Waals surface area contributed by atoms with Gasteiger partial charge < -0.3 is 4.74 Å². The van der Waals surface area contributed by atoms with Gasteiger partial charge in [-0.15, -0.1) is 0 Å². The Hall–Kier alpha value is -3.22. The zero-order valence-corrected chi connectivity index (χ0v) is 12.3. The molecule has 7 heteroatoms. The first-order chi connectivity index (χ1) is 11.0. The number of non-ortho nitro benzene ring substituents is 1. The second-order valence-corrected chi connectivity index (χ2v) is 4.59. The van der Waals surface area contributed by atoms with Gasteiger partial charge >= 0.3 is 0 Å². The molecule has 23 heavy (non-hydrogen) atoms. The Morgan fingerprint density at radius 1 is 1.00 bits per heavy atom. The second kappa shape index (κ2) is 7.17. The van der Waals surface area contributed by atoms with E-state index in [0.717, 1.165) is 17.4 Å². The molecule has 7 nitrogen and oxygen atoms in total. The highest BCUT2D eigenvalue weighted by Crippen LogP contribution is 2.26. The molecule has 0 heterocycles. The van der Waals surface area contributed by atoms with E-state index in [1.807, 2.05) is 19.1 Å². The summed E-state index contributed by atoms with van der Waals surface area (Å²) < 4.78 is 5.33. The molecular formula is C16H14N2O5. The predicted molar refractivity (Wildman–Crippen MR) is 86.3 cm³/mol. The summed E-state index contributed by atoms with van der Waals surface area (Å²) in [5, 5.41) is 21.8. The van der Waals surface area contributed by atoms with Crippen molar-refractivity contribution in [1.29, 1.82) is 0 Å². The Balaban J connectivity index is 2.27. The molecule has 0 spiro atoms. The maximum absolute atomic E-state index is 11.1. The molecule has 0 radical (unpaired) electrons. The topological polar surface area (TPSA) is 95.5 Å². The number of hydrogen-bond acceptors (Lipinski definition) is 5. The number of hydrogen-bond donors (Lipinski definition) is 0. The predicted octanol–water partition coefficient (Wildman–Crippen LogP) is 4.07. The first-order valence-electron chi connectivity index (χ1n) is 6.85. The third-order valence-corrected chi connectivity index (χ3v) is 3.07. The number of rotatable bonds is 6. The summed E-state index contributed by atoms with van der Waals surface area (Å²) in [6.45, 7) is 2.46. The van der Waals surface area contributed by atoms with E-state index in [4.69, 9.17) is 4.74 Å². The van der Waals surface area contributed by atoms with E-state index in [9.17, 15) is 20.2 Å². The molecule has 2 aromatic carbocycles. The van der Waals surface area contributed by atoms with E-state index in [2.05, 4.69) is 0 Å². The zero-order valence-electron chi connectivity index (χ0n) is 12.3. The van der Waals surface area contributed by atoms with Gasteiger partial charge in [0.05, 0.1) is 28.1 Å². The van der Waals surface area contributed by atoms with E-state index in [1.165, 1.54) is 12.1 Å². The van der Waals surface area contributed by atoms with E-state index < -0.39 is 9.85 Å². The maximum atomic E-state index is 11.1. The van der Waals surface area contributed by atoms with Crippen molar-refractivity contribution >= 4 is 23.5 Å². The Morgan fingerprint density at radius 3 is 2.26 bits per heavy atom. The fourth-order valence-electron chi connectivity index (χ4n) is 1.97. The van der Waals surface area contributed by atoms with E-state index >= 15 is 0 Å². The van der Waals surface area contributed by atoms with E-state index in [1.54, 1.807) is 24.3 Å². The number of ether oxygens (including phenoxy) is 1. The van der Waals surface area contributed by atoms with E-state index in [-0.39, 0.29) is 11.4 Å². The lowest BCUT2D eigenvalue weighted by atomic mass is 10.1. The molecule has 0 aliphatic rings. The van der Waals surface area contributed by atoms with Crippen molar-refractivity contribution in [3.05, 3.63) is 73.8 Å². The van der Waals surface area contributed by atoms with Crippen molar-refractivity contribution in [2.24, 2.45) is 0 Å². The molecule has 0 aliphatic heterocycles. The van der Waals surface area contributed by atoms with Crippen LogP contribution in [0.25, 0.3) is 12.2 Å². The first kappa shape index (κ1) is 16.2. The molecule has 0 atom stereocenters. The monoisotopic (exact) mass is 314 g/mol. The summed E-state index contributed by atoms with van der Waals surface area (Å²) in [6.07, 6.45) is 3.25. The molecule has 0 N–H and O–H groups in total. The second-order valence-electron chi connectivity index (χ2n) is 4.59. The molecule has 2 aromatic rings. The molecule has 0 amide bonds. The van der Waals surface area contributed by atoms with Gasteiger partial charge in [-0.2, -0.15) is 0 Å². The Kier molecular flexibility index (Phi) is 5.03. The highest BCUT2D eigenvalue weighted by molar-refractivity contribution is 5.75. The van der Waals surface area contributed by atoms with Crippen LogP contribution in [-0.2, 0) is 0 Å². The van der Waals surface area contributed by atoms with Crippen molar-refractivity contribution < 1.29 is 14.6 Å². The lowest BCUT2D eigenvalue weighted by molar-refractivity contribution is -0.394. The highest BCUT2D eigenvalue weighted by atomic mass is 16.6. The van der Waals surface area contributed by atoms with Gasteiger partial charge in [-0.25, -0.2) is 0 Å². The lowest BCUT2D eigenvalue weighted by Crippen LogP contribution is -1.94. The summed E-state index contributed by atoms with van der Waals surface area (Å²) in [6, 6.07) is 10.8. The molecule has 118 valence electrons. The smallest absolute Gasteiger partial charge is 0.283 e. The number of nitro benzene ring substituents is 2. The minimum atomic E-state index is -0.660. The van der Waals surface area contributed by atoms with Crippen molar-refractivity contribution in [2.75, 3.05) is 6.61 Å². The van der Waals surface area contributed by atoms with Crippen LogP contribution in [0.3, 0.4) is 0 Å². The van der Waals surface area contributed by atoms with Crippen LogP contribution in [0, 0.1) is 20.2 Å². The van der Waals surface area contributed by atoms with Crippen molar-refractivity contribution in [3.8, 4) is 5.75 Å². The van der Waals surface area contributed by atoms with Gasteiger partial charge in [0.15, 0.2) is 0 Å². The summed E-state index contributed by atoms with van der Waals surface area (Å²) in [4.78, 5) is 20.5. The molecule has 0 saturated carbocycles.